The van der Waals surface area contributed by atoms with Gasteiger partial charge in [0.15, 0.2) is 6.61 Å². The molecule has 1 N–H and O–H groups in total. The molecule has 0 aliphatic heterocycles. The molecule has 3 aromatic rings. The molecule has 0 fully saturated rings. The van der Waals surface area contributed by atoms with E-state index in [1.54, 1.807) is 17.0 Å². The van der Waals surface area contributed by atoms with E-state index in [1.807, 2.05) is 62.4 Å². The Morgan fingerprint density at radius 2 is 1.61 bits per heavy atom. The zero-order valence-electron chi connectivity index (χ0n) is 21.3. The molecule has 5 nitrogen and oxygen atoms in total. The molecule has 2 amide bonds. The van der Waals surface area contributed by atoms with Crippen molar-refractivity contribution in [2.24, 2.45) is 0 Å². The maximum Gasteiger partial charge on any atom is 0.261 e. The SMILES string of the molecule is CCCCNC(=O)C(Cc1ccccc1)N(Cc1ccc(F)cc1)C(=O)COc1cc(C)cc(C)c1. The van der Waals surface area contributed by atoms with E-state index in [9.17, 15) is 14.0 Å². The van der Waals surface area contributed by atoms with Crippen molar-refractivity contribution in [3.8, 4) is 5.75 Å². The highest BCUT2D eigenvalue weighted by molar-refractivity contribution is 5.88. The van der Waals surface area contributed by atoms with Crippen LogP contribution in [0.25, 0.3) is 0 Å². The Bertz CT molecular complexity index is 1110. The van der Waals surface area contributed by atoms with Crippen LogP contribution in [0, 0.1) is 19.7 Å². The van der Waals surface area contributed by atoms with E-state index in [0.717, 1.165) is 35.1 Å². The van der Waals surface area contributed by atoms with Gasteiger partial charge in [-0.1, -0.05) is 61.9 Å². The zero-order valence-corrected chi connectivity index (χ0v) is 21.3. The first-order chi connectivity index (χ1) is 17.4. The van der Waals surface area contributed by atoms with Gasteiger partial charge in [-0.2, -0.15) is 0 Å². The summed E-state index contributed by atoms with van der Waals surface area (Å²) in [5.41, 5.74) is 3.76. The summed E-state index contributed by atoms with van der Waals surface area (Å²) in [6.07, 6.45) is 2.16. The Morgan fingerprint density at radius 3 is 2.25 bits per heavy atom. The normalized spacial score (nSPS) is 11.6. The molecule has 0 saturated heterocycles. The molecule has 0 aliphatic rings. The minimum absolute atomic E-state index is 0.161. The number of nitrogens with one attached hydrogen (secondary N) is 1. The Balaban J connectivity index is 1.88. The first-order valence-electron chi connectivity index (χ1n) is 12.4. The van der Waals surface area contributed by atoms with Crippen molar-refractivity contribution in [3.63, 3.8) is 0 Å². The second-order valence-corrected chi connectivity index (χ2v) is 9.11. The molecule has 1 atom stereocenters. The highest BCUT2D eigenvalue weighted by Gasteiger charge is 2.30. The molecule has 0 saturated carbocycles. The van der Waals surface area contributed by atoms with E-state index >= 15 is 0 Å². The van der Waals surface area contributed by atoms with Crippen LogP contribution in [0.4, 0.5) is 4.39 Å². The molecule has 0 aliphatic carbocycles. The largest absolute Gasteiger partial charge is 0.484 e. The standard InChI is InChI=1S/C30H35FN2O3/c1-4-5-15-32-30(35)28(19-24-9-7-6-8-10-24)33(20-25-11-13-26(31)14-12-25)29(34)21-36-27-17-22(2)16-23(3)18-27/h6-14,16-18,28H,4-5,15,19-21H2,1-3H3,(H,32,35). The molecule has 3 aromatic carbocycles. The van der Waals surface area contributed by atoms with Crippen LogP contribution < -0.4 is 10.1 Å². The number of carbonyl (C=O) groups excluding carboxylic acids is 2. The van der Waals surface area contributed by atoms with Crippen LogP contribution in [-0.2, 0) is 22.6 Å². The van der Waals surface area contributed by atoms with Gasteiger partial charge in [0.25, 0.3) is 5.91 Å². The summed E-state index contributed by atoms with van der Waals surface area (Å²) < 4.78 is 19.4. The maximum atomic E-state index is 13.6. The molecule has 0 aromatic heterocycles. The molecule has 3 rings (SSSR count). The number of hydrogen-bond donors (Lipinski definition) is 1. The number of rotatable bonds is 12. The van der Waals surface area contributed by atoms with E-state index in [1.165, 1.54) is 12.1 Å². The molecule has 0 radical (unpaired) electrons. The van der Waals surface area contributed by atoms with Gasteiger partial charge in [-0.05, 0) is 66.8 Å². The summed E-state index contributed by atoms with van der Waals surface area (Å²) in [6, 6.07) is 20.7. The average molecular weight is 491 g/mol. The van der Waals surface area contributed by atoms with Gasteiger partial charge in [0.1, 0.15) is 17.6 Å². The summed E-state index contributed by atoms with van der Waals surface area (Å²) in [5.74, 6) is -0.276. The molecular formula is C30H35FN2O3. The van der Waals surface area contributed by atoms with E-state index in [2.05, 4.69) is 12.2 Å². The number of ether oxygens (including phenoxy) is 1. The van der Waals surface area contributed by atoms with Crippen LogP contribution >= 0.6 is 0 Å². The van der Waals surface area contributed by atoms with Gasteiger partial charge in [-0.3, -0.25) is 9.59 Å². The Kier molecular flexibility index (Phi) is 10.0. The molecule has 0 heterocycles. The van der Waals surface area contributed by atoms with Gasteiger partial charge in [-0.25, -0.2) is 4.39 Å². The van der Waals surface area contributed by atoms with Gasteiger partial charge in [0.05, 0.1) is 0 Å². The topological polar surface area (TPSA) is 58.6 Å². The summed E-state index contributed by atoms with van der Waals surface area (Å²) in [6.45, 7) is 6.49. The third-order valence-corrected chi connectivity index (χ3v) is 5.92. The van der Waals surface area contributed by atoms with Gasteiger partial charge in [0.2, 0.25) is 5.91 Å². The fraction of sp³-hybridized carbons (Fsp3) is 0.333. The van der Waals surface area contributed by atoms with E-state index in [-0.39, 0.29) is 30.8 Å². The lowest BCUT2D eigenvalue weighted by molar-refractivity contribution is -0.142. The molecule has 6 heteroatoms. The Hall–Kier alpha value is -3.67. The van der Waals surface area contributed by atoms with Gasteiger partial charge >= 0.3 is 0 Å². The van der Waals surface area contributed by atoms with E-state index in [4.69, 9.17) is 4.74 Å². The second kappa shape index (κ2) is 13.4. The molecule has 36 heavy (non-hydrogen) atoms. The molecule has 0 bridgehead atoms. The number of unbranched alkanes of at least 4 members (excludes halogenated alkanes) is 1. The van der Waals surface area contributed by atoms with Crippen molar-refractivity contribution < 1.29 is 18.7 Å². The number of hydrogen-bond acceptors (Lipinski definition) is 3. The number of carbonyl (C=O) groups is 2. The predicted molar refractivity (Wildman–Crippen MR) is 140 cm³/mol. The van der Waals surface area contributed by atoms with Gasteiger partial charge < -0.3 is 15.0 Å². The van der Waals surface area contributed by atoms with Crippen molar-refractivity contribution in [2.75, 3.05) is 13.2 Å². The molecule has 1 unspecified atom stereocenters. The number of benzene rings is 3. The van der Waals surface area contributed by atoms with Gasteiger partial charge in [0, 0.05) is 19.5 Å². The molecule has 190 valence electrons. The number of amides is 2. The number of halogens is 1. The van der Waals surface area contributed by atoms with Gasteiger partial charge in [-0.15, -0.1) is 0 Å². The fourth-order valence-corrected chi connectivity index (χ4v) is 4.09. The lowest BCUT2D eigenvalue weighted by Gasteiger charge is -2.31. The smallest absolute Gasteiger partial charge is 0.261 e. The second-order valence-electron chi connectivity index (χ2n) is 9.11. The monoisotopic (exact) mass is 490 g/mol. The minimum atomic E-state index is -0.746. The summed E-state index contributed by atoms with van der Waals surface area (Å²) in [4.78, 5) is 28.5. The summed E-state index contributed by atoms with van der Waals surface area (Å²) in [5, 5.41) is 2.99. The quantitative estimate of drug-likeness (QED) is 0.347. The number of nitrogens with zero attached hydrogens (tertiary/aromatic N) is 1. The average Bonchev–Trinajstić information content (AvgIpc) is 2.86. The van der Waals surface area contributed by atoms with Crippen molar-refractivity contribution in [1.82, 2.24) is 10.2 Å². The Morgan fingerprint density at radius 1 is 0.944 bits per heavy atom. The van der Waals surface area contributed by atoms with E-state index in [0.29, 0.717) is 18.7 Å². The highest BCUT2D eigenvalue weighted by Crippen LogP contribution is 2.19. The van der Waals surface area contributed by atoms with Crippen molar-refractivity contribution in [2.45, 2.75) is 52.6 Å². The zero-order chi connectivity index (χ0) is 25.9. The highest BCUT2D eigenvalue weighted by atomic mass is 19.1. The Labute approximate surface area is 213 Å². The molecule has 0 spiro atoms. The maximum absolute atomic E-state index is 13.6. The lowest BCUT2D eigenvalue weighted by atomic mass is 10.0. The summed E-state index contributed by atoms with van der Waals surface area (Å²) >= 11 is 0. The van der Waals surface area contributed by atoms with E-state index < -0.39 is 6.04 Å². The minimum Gasteiger partial charge on any atom is -0.484 e. The van der Waals surface area contributed by atoms with Crippen LogP contribution in [0.15, 0.2) is 72.8 Å². The first kappa shape index (κ1) is 26.9. The van der Waals surface area contributed by atoms with Crippen molar-refractivity contribution in [1.29, 1.82) is 0 Å². The van der Waals surface area contributed by atoms with Crippen LogP contribution in [0.5, 0.6) is 5.75 Å². The van der Waals surface area contributed by atoms with Crippen LogP contribution in [0.1, 0.15) is 42.0 Å². The molecular weight excluding hydrogens is 455 g/mol. The first-order valence-corrected chi connectivity index (χ1v) is 12.4. The van der Waals surface area contributed by atoms with Crippen molar-refractivity contribution in [3.05, 3.63) is 101 Å². The fourth-order valence-electron chi connectivity index (χ4n) is 4.09. The lowest BCUT2D eigenvalue weighted by Crippen LogP contribution is -2.51. The summed E-state index contributed by atoms with van der Waals surface area (Å²) in [7, 11) is 0. The number of aryl methyl sites for hydroxylation is 2. The predicted octanol–water partition coefficient (Wildman–Crippen LogP) is 5.38. The third kappa shape index (κ3) is 8.22. The van der Waals surface area contributed by atoms with Crippen LogP contribution in [0.3, 0.4) is 0 Å². The van der Waals surface area contributed by atoms with Crippen LogP contribution in [-0.4, -0.2) is 35.9 Å². The van der Waals surface area contributed by atoms with Crippen LogP contribution in [0.2, 0.25) is 0 Å². The van der Waals surface area contributed by atoms with Crippen molar-refractivity contribution >= 4 is 11.8 Å². The third-order valence-electron chi connectivity index (χ3n) is 5.92.